The van der Waals surface area contributed by atoms with Gasteiger partial charge in [-0.1, -0.05) is 35.3 Å². The summed E-state index contributed by atoms with van der Waals surface area (Å²) in [6.45, 7) is 0. The molecule has 124 valence electrons. The molecule has 0 bridgehead atoms. The first kappa shape index (κ1) is 15.9. The molecular weight excluding hydrogens is 357 g/mol. The summed E-state index contributed by atoms with van der Waals surface area (Å²) in [6.07, 6.45) is 0. The lowest BCUT2D eigenvalue weighted by molar-refractivity contribution is 0.399. The van der Waals surface area contributed by atoms with Crippen LogP contribution in [0.4, 0.5) is 11.4 Å². The Morgan fingerprint density at radius 1 is 0.920 bits per heavy atom. The van der Waals surface area contributed by atoms with Crippen molar-refractivity contribution in [2.45, 2.75) is 0 Å². The van der Waals surface area contributed by atoms with Crippen LogP contribution in [0.15, 0.2) is 54.6 Å². The van der Waals surface area contributed by atoms with Gasteiger partial charge >= 0.3 is 0 Å². The number of methoxy groups -OCH3 is 1. The van der Waals surface area contributed by atoms with E-state index in [9.17, 15) is 0 Å². The van der Waals surface area contributed by atoms with Crippen molar-refractivity contribution in [1.82, 2.24) is 9.97 Å². The molecule has 2 aromatic carbocycles. The molecular formula is C19H13Cl2N3O. The number of para-hydroxylation sites is 1. The number of nitrogens with zero attached hydrogens (tertiary/aromatic N) is 2. The van der Waals surface area contributed by atoms with E-state index >= 15 is 0 Å². The van der Waals surface area contributed by atoms with Crippen LogP contribution in [0.3, 0.4) is 0 Å². The van der Waals surface area contributed by atoms with Crippen LogP contribution in [-0.4, -0.2) is 17.1 Å². The van der Waals surface area contributed by atoms with E-state index in [4.69, 9.17) is 27.9 Å². The second-order valence-corrected chi connectivity index (χ2v) is 6.32. The molecule has 2 heterocycles. The SMILES string of the molecule is COc1ccc2nc3cc(Cl)ccc3c(Nc3ccccc3Cl)c2n1. The van der Waals surface area contributed by atoms with E-state index in [0.717, 1.165) is 27.8 Å². The molecule has 6 heteroatoms. The largest absolute Gasteiger partial charge is 0.481 e. The quantitative estimate of drug-likeness (QED) is 0.460. The summed E-state index contributed by atoms with van der Waals surface area (Å²) < 4.78 is 5.27. The summed E-state index contributed by atoms with van der Waals surface area (Å²) in [5.41, 5.74) is 3.82. The molecule has 1 N–H and O–H groups in total. The first-order valence-electron chi connectivity index (χ1n) is 7.61. The molecule has 0 aliphatic carbocycles. The molecule has 0 radical (unpaired) electrons. The summed E-state index contributed by atoms with van der Waals surface area (Å²) in [5.74, 6) is 0.518. The number of benzene rings is 2. The topological polar surface area (TPSA) is 47.0 Å². The summed E-state index contributed by atoms with van der Waals surface area (Å²) in [6, 6.07) is 16.8. The Bertz CT molecular complexity index is 1100. The van der Waals surface area contributed by atoms with Gasteiger partial charge in [0.1, 0.15) is 5.52 Å². The van der Waals surface area contributed by atoms with E-state index in [0.29, 0.717) is 21.4 Å². The van der Waals surface area contributed by atoms with Crippen LogP contribution in [0.2, 0.25) is 10.0 Å². The standard InChI is InChI=1S/C19H13Cl2N3O/c1-25-17-9-8-15-19(24-17)18(23-14-5-3-2-4-13(14)21)12-7-6-11(20)10-16(12)22-15/h2-10H,1H3,(H,22,23). The van der Waals surface area contributed by atoms with Crippen molar-refractivity contribution in [3.8, 4) is 5.88 Å². The average Bonchev–Trinajstić information content (AvgIpc) is 2.62. The highest BCUT2D eigenvalue weighted by molar-refractivity contribution is 6.33. The van der Waals surface area contributed by atoms with Gasteiger partial charge in [-0.05, 0) is 36.4 Å². The van der Waals surface area contributed by atoms with Crippen molar-refractivity contribution in [3.63, 3.8) is 0 Å². The number of nitrogens with one attached hydrogen (secondary N) is 1. The van der Waals surface area contributed by atoms with Crippen LogP contribution in [0, 0.1) is 0 Å². The van der Waals surface area contributed by atoms with Gasteiger partial charge in [0.05, 0.1) is 34.5 Å². The van der Waals surface area contributed by atoms with Gasteiger partial charge in [0.15, 0.2) is 0 Å². The number of halogens is 2. The summed E-state index contributed by atoms with van der Waals surface area (Å²) in [7, 11) is 1.59. The maximum Gasteiger partial charge on any atom is 0.213 e. The molecule has 4 nitrogen and oxygen atoms in total. The molecule has 0 fully saturated rings. The molecule has 0 amide bonds. The van der Waals surface area contributed by atoms with E-state index < -0.39 is 0 Å². The number of anilines is 2. The Labute approximate surface area is 154 Å². The molecule has 0 aliphatic rings. The van der Waals surface area contributed by atoms with Crippen LogP contribution in [0.1, 0.15) is 0 Å². The van der Waals surface area contributed by atoms with E-state index in [1.807, 2.05) is 48.5 Å². The van der Waals surface area contributed by atoms with Crippen LogP contribution in [-0.2, 0) is 0 Å². The molecule has 0 saturated carbocycles. The van der Waals surface area contributed by atoms with Crippen LogP contribution >= 0.6 is 23.2 Å². The molecule has 4 aromatic rings. The van der Waals surface area contributed by atoms with Gasteiger partial charge in [0, 0.05) is 16.5 Å². The molecule has 0 atom stereocenters. The van der Waals surface area contributed by atoms with Gasteiger partial charge in [0.2, 0.25) is 5.88 Å². The third kappa shape index (κ3) is 2.95. The van der Waals surface area contributed by atoms with Crippen molar-refractivity contribution in [2.24, 2.45) is 0 Å². The lowest BCUT2D eigenvalue weighted by atomic mass is 10.1. The number of ether oxygens (including phenoxy) is 1. The fourth-order valence-corrected chi connectivity index (χ4v) is 3.06. The Balaban J connectivity index is 2.04. The highest BCUT2D eigenvalue weighted by atomic mass is 35.5. The lowest BCUT2D eigenvalue weighted by Crippen LogP contribution is -1.98. The van der Waals surface area contributed by atoms with Crippen molar-refractivity contribution in [3.05, 3.63) is 64.6 Å². The fourth-order valence-electron chi connectivity index (χ4n) is 2.71. The third-order valence-corrected chi connectivity index (χ3v) is 4.46. The predicted octanol–water partition coefficient (Wildman–Crippen LogP) is 5.84. The van der Waals surface area contributed by atoms with Crippen LogP contribution in [0.25, 0.3) is 21.9 Å². The van der Waals surface area contributed by atoms with Gasteiger partial charge in [-0.2, -0.15) is 0 Å². The summed E-state index contributed by atoms with van der Waals surface area (Å²) in [4.78, 5) is 9.23. The zero-order valence-corrected chi connectivity index (χ0v) is 14.8. The molecule has 25 heavy (non-hydrogen) atoms. The number of rotatable bonds is 3. The van der Waals surface area contributed by atoms with Gasteiger partial charge in [-0.3, -0.25) is 0 Å². The maximum absolute atomic E-state index is 6.32. The smallest absolute Gasteiger partial charge is 0.213 e. The lowest BCUT2D eigenvalue weighted by Gasteiger charge is -2.14. The third-order valence-electron chi connectivity index (χ3n) is 3.90. The second-order valence-electron chi connectivity index (χ2n) is 5.47. The number of aromatic nitrogens is 2. The van der Waals surface area contributed by atoms with Gasteiger partial charge < -0.3 is 10.1 Å². The van der Waals surface area contributed by atoms with Crippen LogP contribution in [0.5, 0.6) is 5.88 Å². The Kier molecular flexibility index (Phi) is 4.07. The van der Waals surface area contributed by atoms with Gasteiger partial charge in [0.25, 0.3) is 0 Å². The van der Waals surface area contributed by atoms with E-state index in [-0.39, 0.29) is 0 Å². The minimum Gasteiger partial charge on any atom is -0.481 e. The zero-order chi connectivity index (χ0) is 17.4. The molecule has 4 rings (SSSR count). The van der Waals surface area contributed by atoms with E-state index in [1.54, 1.807) is 13.2 Å². The van der Waals surface area contributed by atoms with Crippen molar-refractivity contribution in [1.29, 1.82) is 0 Å². The number of fused-ring (bicyclic) bond motifs is 2. The molecule has 0 saturated heterocycles. The number of pyridine rings is 2. The molecule has 2 aromatic heterocycles. The first-order chi connectivity index (χ1) is 12.2. The minimum absolute atomic E-state index is 0.518. The highest BCUT2D eigenvalue weighted by Crippen LogP contribution is 2.35. The number of hydrogen-bond acceptors (Lipinski definition) is 4. The normalized spacial score (nSPS) is 11.0. The Morgan fingerprint density at radius 2 is 1.76 bits per heavy atom. The average molecular weight is 370 g/mol. The predicted molar refractivity (Wildman–Crippen MR) is 103 cm³/mol. The van der Waals surface area contributed by atoms with Gasteiger partial charge in [-0.15, -0.1) is 0 Å². The molecule has 0 unspecified atom stereocenters. The zero-order valence-electron chi connectivity index (χ0n) is 13.3. The molecule has 0 aliphatic heterocycles. The summed E-state index contributed by atoms with van der Waals surface area (Å²) >= 11 is 12.5. The first-order valence-corrected chi connectivity index (χ1v) is 8.37. The summed E-state index contributed by atoms with van der Waals surface area (Å²) in [5, 5.41) is 5.55. The second kappa shape index (κ2) is 6.39. The van der Waals surface area contributed by atoms with Crippen molar-refractivity contribution < 1.29 is 4.74 Å². The van der Waals surface area contributed by atoms with Crippen molar-refractivity contribution in [2.75, 3.05) is 12.4 Å². The van der Waals surface area contributed by atoms with E-state index in [2.05, 4.69) is 15.3 Å². The molecule has 0 spiro atoms. The highest BCUT2D eigenvalue weighted by Gasteiger charge is 2.13. The number of hydrogen-bond donors (Lipinski definition) is 1. The van der Waals surface area contributed by atoms with Gasteiger partial charge in [-0.25, -0.2) is 9.97 Å². The maximum atomic E-state index is 6.32. The Morgan fingerprint density at radius 3 is 2.56 bits per heavy atom. The monoisotopic (exact) mass is 369 g/mol. The fraction of sp³-hybridized carbons (Fsp3) is 0.0526. The van der Waals surface area contributed by atoms with E-state index in [1.165, 1.54) is 0 Å². The van der Waals surface area contributed by atoms with Crippen molar-refractivity contribution >= 4 is 56.5 Å². The Hall–Kier alpha value is -2.56. The van der Waals surface area contributed by atoms with Crippen LogP contribution < -0.4 is 10.1 Å². The minimum atomic E-state index is 0.518.